The van der Waals surface area contributed by atoms with Crippen LogP contribution in [-0.2, 0) is 0 Å². The summed E-state index contributed by atoms with van der Waals surface area (Å²) < 4.78 is 5.11. The van der Waals surface area contributed by atoms with Crippen LogP contribution in [0.1, 0.15) is 51.3 Å². The molecule has 1 heterocycles. The Morgan fingerprint density at radius 2 is 1.79 bits per heavy atom. The van der Waals surface area contributed by atoms with Crippen LogP contribution in [0.25, 0.3) is 0 Å². The third-order valence-electron chi connectivity index (χ3n) is 4.77. The van der Waals surface area contributed by atoms with Crippen LogP contribution in [0.2, 0.25) is 0 Å². The number of carbonyl (C=O) groups excluding carboxylic acids is 2. The van der Waals surface area contributed by atoms with Crippen LogP contribution in [0.3, 0.4) is 0 Å². The molecule has 1 aromatic heterocycles. The maximum Gasteiger partial charge on any atom is 0.291 e. The summed E-state index contributed by atoms with van der Waals surface area (Å²) in [6.07, 6.45) is 2.38. The standard InChI is InChI=1S/C23H24N2O3/c1-3-17(18-8-5-4-6-9-18)15-24-22(26)19-12-11-16(2)20(14-19)25-23(27)21-10-7-13-28-21/h4-14,17H,3,15H2,1-2H3,(H,24,26)(H,25,27)/t17-/m1/s1. The van der Waals surface area contributed by atoms with E-state index in [4.69, 9.17) is 4.42 Å². The number of anilines is 1. The fourth-order valence-corrected chi connectivity index (χ4v) is 3.03. The Morgan fingerprint density at radius 1 is 1.00 bits per heavy atom. The molecule has 0 saturated carbocycles. The van der Waals surface area contributed by atoms with Gasteiger partial charge >= 0.3 is 0 Å². The Labute approximate surface area is 164 Å². The highest BCUT2D eigenvalue weighted by atomic mass is 16.3. The summed E-state index contributed by atoms with van der Waals surface area (Å²) in [7, 11) is 0. The third kappa shape index (κ3) is 4.68. The van der Waals surface area contributed by atoms with Crippen LogP contribution in [0.4, 0.5) is 5.69 Å². The van der Waals surface area contributed by atoms with E-state index in [1.165, 1.54) is 11.8 Å². The van der Waals surface area contributed by atoms with Gasteiger partial charge in [-0.3, -0.25) is 9.59 Å². The van der Waals surface area contributed by atoms with Crippen molar-refractivity contribution >= 4 is 17.5 Å². The summed E-state index contributed by atoms with van der Waals surface area (Å²) >= 11 is 0. The van der Waals surface area contributed by atoms with Crippen molar-refractivity contribution in [2.45, 2.75) is 26.2 Å². The van der Waals surface area contributed by atoms with Gasteiger partial charge in [0.15, 0.2) is 5.76 Å². The van der Waals surface area contributed by atoms with Gasteiger partial charge in [-0.2, -0.15) is 0 Å². The topological polar surface area (TPSA) is 71.3 Å². The average Bonchev–Trinajstić information content (AvgIpc) is 3.26. The van der Waals surface area contributed by atoms with Crippen molar-refractivity contribution in [2.75, 3.05) is 11.9 Å². The van der Waals surface area contributed by atoms with Crippen molar-refractivity contribution in [3.63, 3.8) is 0 Å². The summed E-state index contributed by atoms with van der Waals surface area (Å²) in [5, 5.41) is 5.80. The molecule has 3 aromatic rings. The first-order valence-electron chi connectivity index (χ1n) is 9.37. The van der Waals surface area contributed by atoms with Crippen LogP contribution in [0.15, 0.2) is 71.3 Å². The number of nitrogens with one attached hydrogen (secondary N) is 2. The summed E-state index contributed by atoms with van der Waals surface area (Å²) in [5.41, 5.74) is 3.17. The minimum atomic E-state index is -0.346. The zero-order chi connectivity index (χ0) is 19.9. The molecule has 2 aromatic carbocycles. The lowest BCUT2D eigenvalue weighted by Gasteiger charge is -2.16. The van der Waals surface area contributed by atoms with Gasteiger partial charge in [-0.25, -0.2) is 0 Å². The predicted octanol–water partition coefficient (Wildman–Crippen LogP) is 4.76. The normalized spacial score (nSPS) is 11.6. The number of benzene rings is 2. The quantitative estimate of drug-likeness (QED) is 0.624. The van der Waals surface area contributed by atoms with Gasteiger partial charge in [0.05, 0.1) is 6.26 Å². The molecule has 1 atom stereocenters. The van der Waals surface area contributed by atoms with Gasteiger partial charge in [-0.05, 0) is 48.7 Å². The number of furan rings is 1. The summed E-state index contributed by atoms with van der Waals surface area (Å²) in [5.74, 6) is -0.0275. The maximum atomic E-state index is 12.6. The molecule has 0 saturated heterocycles. The highest BCUT2D eigenvalue weighted by Crippen LogP contribution is 2.20. The minimum Gasteiger partial charge on any atom is -0.459 e. The van der Waals surface area contributed by atoms with Gasteiger partial charge < -0.3 is 15.1 Å². The summed E-state index contributed by atoms with van der Waals surface area (Å²) in [6, 6.07) is 18.7. The van der Waals surface area contributed by atoms with Crippen LogP contribution in [-0.4, -0.2) is 18.4 Å². The molecule has 0 bridgehead atoms. The van der Waals surface area contributed by atoms with Crippen molar-refractivity contribution in [1.82, 2.24) is 5.32 Å². The zero-order valence-electron chi connectivity index (χ0n) is 16.1. The fraction of sp³-hybridized carbons (Fsp3) is 0.217. The molecule has 0 aliphatic rings. The van der Waals surface area contributed by atoms with E-state index < -0.39 is 0 Å². The second kappa shape index (κ2) is 9.04. The Morgan fingerprint density at radius 3 is 2.46 bits per heavy atom. The second-order valence-corrected chi connectivity index (χ2v) is 6.69. The molecule has 144 valence electrons. The molecule has 3 rings (SSSR count). The van der Waals surface area contributed by atoms with Crippen molar-refractivity contribution in [1.29, 1.82) is 0 Å². The lowest BCUT2D eigenvalue weighted by molar-refractivity contribution is 0.0949. The molecule has 2 amide bonds. The Hall–Kier alpha value is -3.34. The molecule has 0 spiro atoms. The average molecular weight is 376 g/mol. The molecule has 28 heavy (non-hydrogen) atoms. The first kappa shape index (κ1) is 19.4. The van der Waals surface area contributed by atoms with Crippen molar-refractivity contribution in [3.05, 3.63) is 89.4 Å². The molecule has 2 N–H and O–H groups in total. The van der Waals surface area contributed by atoms with E-state index in [0.717, 1.165) is 12.0 Å². The largest absolute Gasteiger partial charge is 0.459 e. The zero-order valence-corrected chi connectivity index (χ0v) is 16.1. The summed E-state index contributed by atoms with van der Waals surface area (Å²) in [6.45, 7) is 4.54. The maximum absolute atomic E-state index is 12.6. The SMILES string of the molecule is CC[C@H](CNC(=O)c1ccc(C)c(NC(=O)c2ccco2)c1)c1ccccc1. The summed E-state index contributed by atoms with van der Waals surface area (Å²) in [4.78, 5) is 24.8. The molecule has 0 aliphatic heterocycles. The van der Waals surface area contributed by atoms with E-state index in [9.17, 15) is 9.59 Å². The van der Waals surface area contributed by atoms with Gasteiger partial charge in [-0.1, -0.05) is 43.3 Å². The van der Waals surface area contributed by atoms with Crippen LogP contribution >= 0.6 is 0 Å². The number of hydrogen-bond acceptors (Lipinski definition) is 3. The van der Waals surface area contributed by atoms with Gasteiger partial charge in [0.1, 0.15) is 0 Å². The molecular formula is C23H24N2O3. The third-order valence-corrected chi connectivity index (χ3v) is 4.77. The van der Waals surface area contributed by atoms with Gasteiger partial charge in [-0.15, -0.1) is 0 Å². The van der Waals surface area contributed by atoms with E-state index in [-0.39, 0.29) is 23.5 Å². The van der Waals surface area contributed by atoms with Crippen LogP contribution < -0.4 is 10.6 Å². The number of rotatable bonds is 7. The minimum absolute atomic E-state index is 0.164. The van der Waals surface area contributed by atoms with Gasteiger partial charge in [0.25, 0.3) is 11.8 Å². The fourth-order valence-electron chi connectivity index (χ4n) is 3.03. The second-order valence-electron chi connectivity index (χ2n) is 6.69. The van der Waals surface area contributed by atoms with Crippen molar-refractivity contribution < 1.29 is 14.0 Å². The predicted molar refractivity (Wildman–Crippen MR) is 110 cm³/mol. The molecule has 0 unspecified atom stereocenters. The van der Waals surface area contributed by atoms with E-state index in [2.05, 4.69) is 29.7 Å². The molecule has 5 nitrogen and oxygen atoms in total. The number of carbonyl (C=O) groups is 2. The first-order chi connectivity index (χ1) is 13.6. The Balaban J connectivity index is 1.67. The highest BCUT2D eigenvalue weighted by Gasteiger charge is 2.15. The lowest BCUT2D eigenvalue weighted by atomic mass is 9.96. The lowest BCUT2D eigenvalue weighted by Crippen LogP contribution is -2.28. The van der Waals surface area contributed by atoms with Crippen LogP contribution in [0.5, 0.6) is 0 Å². The smallest absolute Gasteiger partial charge is 0.291 e. The van der Waals surface area contributed by atoms with Crippen LogP contribution in [0, 0.1) is 6.92 Å². The number of amides is 2. The van der Waals surface area contributed by atoms with Gasteiger partial charge in [0, 0.05) is 23.7 Å². The van der Waals surface area contributed by atoms with E-state index >= 15 is 0 Å². The first-order valence-corrected chi connectivity index (χ1v) is 9.37. The Kier molecular flexibility index (Phi) is 6.27. The van der Waals surface area contributed by atoms with Gasteiger partial charge in [0.2, 0.25) is 0 Å². The number of hydrogen-bond donors (Lipinski definition) is 2. The van der Waals surface area contributed by atoms with E-state index in [1.54, 1.807) is 24.3 Å². The highest BCUT2D eigenvalue weighted by molar-refractivity contribution is 6.03. The van der Waals surface area contributed by atoms with Crippen molar-refractivity contribution in [3.8, 4) is 0 Å². The molecule has 0 aliphatic carbocycles. The molecule has 0 fully saturated rings. The van der Waals surface area contributed by atoms with Crippen molar-refractivity contribution in [2.24, 2.45) is 0 Å². The monoisotopic (exact) mass is 376 g/mol. The van der Waals surface area contributed by atoms with E-state index in [1.807, 2.05) is 31.2 Å². The number of aryl methyl sites for hydroxylation is 1. The van der Waals surface area contributed by atoms with E-state index in [0.29, 0.717) is 17.8 Å². The molecular weight excluding hydrogens is 352 g/mol. The molecule has 5 heteroatoms. The molecule has 0 radical (unpaired) electrons. The Bertz CT molecular complexity index is 934.